The van der Waals surface area contributed by atoms with Crippen molar-refractivity contribution in [3.8, 4) is 0 Å². The van der Waals surface area contributed by atoms with Gasteiger partial charge in [-0.2, -0.15) is 0 Å². The van der Waals surface area contributed by atoms with E-state index in [1.54, 1.807) is 18.2 Å². The van der Waals surface area contributed by atoms with Gasteiger partial charge in [0.2, 0.25) is 0 Å². The third-order valence-electron chi connectivity index (χ3n) is 2.60. The Hall–Kier alpha value is -0.540. The van der Waals surface area contributed by atoms with Crippen molar-refractivity contribution >= 4 is 33.4 Å². The Labute approximate surface area is 102 Å². The fourth-order valence-corrected chi connectivity index (χ4v) is 2.31. The molecule has 0 spiro atoms. The highest BCUT2D eigenvalue weighted by Crippen LogP contribution is 2.30. The summed E-state index contributed by atoms with van der Waals surface area (Å²) in [4.78, 5) is 11.8. The maximum atomic E-state index is 11.8. The summed E-state index contributed by atoms with van der Waals surface area (Å²) in [6, 6.07) is 5.53. The predicted octanol–water partition coefficient (Wildman–Crippen LogP) is 3.24. The monoisotopic (exact) mass is 287 g/mol. The molecule has 1 amide bonds. The number of carbonyl (C=O) groups excluding carboxylic acids is 1. The highest BCUT2D eigenvalue weighted by Gasteiger charge is 2.34. The van der Waals surface area contributed by atoms with E-state index in [0.29, 0.717) is 22.5 Å². The molecule has 0 heterocycles. The van der Waals surface area contributed by atoms with Crippen molar-refractivity contribution in [2.75, 3.05) is 0 Å². The van der Waals surface area contributed by atoms with Crippen molar-refractivity contribution in [2.24, 2.45) is 5.92 Å². The van der Waals surface area contributed by atoms with Crippen LogP contribution in [0.5, 0.6) is 0 Å². The highest BCUT2D eigenvalue weighted by molar-refractivity contribution is 9.10. The van der Waals surface area contributed by atoms with Crippen LogP contribution in [0.2, 0.25) is 5.02 Å². The molecule has 15 heavy (non-hydrogen) atoms. The molecule has 0 saturated heterocycles. The van der Waals surface area contributed by atoms with E-state index in [2.05, 4.69) is 28.2 Å². The van der Waals surface area contributed by atoms with E-state index in [9.17, 15) is 4.79 Å². The number of benzene rings is 1. The minimum absolute atomic E-state index is 0.0344. The maximum absolute atomic E-state index is 11.8. The van der Waals surface area contributed by atoms with E-state index in [4.69, 9.17) is 11.6 Å². The Morgan fingerprint density at radius 1 is 1.60 bits per heavy atom. The molecule has 1 saturated carbocycles. The van der Waals surface area contributed by atoms with Crippen LogP contribution in [0.15, 0.2) is 22.7 Å². The van der Waals surface area contributed by atoms with Crippen molar-refractivity contribution in [2.45, 2.75) is 19.4 Å². The van der Waals surface area contributed by atoms with Crippen LogP contribution in [0.25, 0.3) is 0 Å². The molecule has 2 unspecified atom stereocenters. The van der Waals surface area contributed by atoms with E-state index in [0.717, 1.165) is 10.9 Å². The van der Waals surface area contributed by atoms with Gasteiger partial charge in [0, 0.05) is 15.5 Å². The number of hydrogen-bond donors (Lipinski definition) is 1. The summed E-state index contributed by atoms with van der Waals surface area (Å²) in [5, 5.41) is 3.59. The first kappa shape index (κ1) is 11.0. The average molecular weight is 289 g/mol. The molecule has 1 N–H and O–H groups in total. The van der Waals surface area contributed by atoms with Gasteiger partial charge < -0.3 is 5.32 Å². The molecular weight excluding hydrogens is 277 g/mol. The molecule has 1 aromatic carbocycles. The fourth-order valence-electron chi connectivity index (χ4n) is 1.44. The van der Waals surface area contributed by atoms with E-state index < -0.39 is 0 Å². The van der Waals surface area contributed by atoms with Gasteiger partial charge in [-0.15, -0.1) is 0 Å². The molecule has 1 aromatic rings. The molecule has 0 bridgehead atoms. The summed E-state index contributed by atoms with van der Waals surface area (Å²) < 4.78 is 0.737. The Morgan fingerprint density at radius 3 is 2.80 bits per heavy atom. The first-order valence-electron chi connectivity index (χ1n) is 4.84. The molecule has 0 aliphatic heterocycles. The molecule has 0 radical (unpaired) electrons. The topological polar surface area (TPSA) is 29.1 Å². The van der Waals surface area contributed by atoms with E-state index >= 15 is 0 Å². The Balaban J connectivity index is 2.11. The second-order valence-corrected chi connectivity index (χ2v) is 5.21. The first-order chi connectivity index (χ1) is 7.08. The van der Waals surface area contributed by atoms with Crippen molar-refractivity contribution < 1.29 is 4.79 Å². The molecule has 2 rings (SSSR count). The largest absolute Gasteiger partial charge is 0.349 e. The minimum Gasteiger partial charge on any atom is -0.349 e. The van der Waals surface area contributed by atoms with Gasteiger partial charge >= 0.3 is 0 Å². The van der Waals surface area contributed by atoms with Crippen LogP contribution in [0.1, 0.15) is 23.7 Å². The van der Waals surface area contributed by atoms with Crippen molar-refractivity contribution in [3.63, 3.8) is 0 Å². The standard InChI is InChI=1S/C11H11BrClNO/c1-6-4-10(6)14-11(15)8-3-2-7(13)5-9(8)12/h2-3,5-6,10H,4H2,1H3,(H,14,15). The van der Waals surface area contributed by atoms with Gasteiger partial charge in [-0.05, 0) is 46.5 Å². The normalized spacial score (nSPS) is 23.7. The molecule has 4 heteroatoms. The zero-order valence-corrected chi connectivity index (χ0v) is 10.6. The zero-order valence-electron chi connectivity index (χ0n) is 8.26. The van der Waals surface area contributed by atoms with Gasteiger partial charge in [-0.1, -0.05) is 18.5 Å². The van der Waals surface area contributed by atoms with E-state index in [1.165, 1.54) is 0 Å². The second kappa shape index (κ2) is 4.14. The summed E-state index contributed by atoms with van der Waals surface area (Å²) in [5.41, 5.74) is 0.638. The minimum atomic E-state index is -0.0344. The number of nitrogens with one attached hydrogen (secondary N) is 1. The lowest BCUT2D eigenvalue weighted by molar-refractivity contribution is 0.0948. The Bertz CT molecular complexity index is 408. The molecule has 1 aliphatic carbocycles. The number of hydrogen-bond acceptors (Lipinski definition) is 1. The average Bonchev–Trinajstić information content (AvgIpc) is 2.81. The van der Waals surface area contributed by atoms with Crippen LogP contribution >= 0.6 is 27.5 Å². The van der Waals surface area contributed by atoms with Crippen LogP contribution in [-0.2, 0) is 0 Å². The zero-order chi connectivity index (χ0) is 11.0. The third kappa shape index (κ3) is 2.52. The van der Waals surface area contributed by atoms with Crippen LogP contribution in [0.3, 0.4) is 0 Å². The lowest BCUT2D eigenvalue weighted by Gasteiger charge is -2.06. The Morgan fingerprint density at radius 2 is 2.27 bits per heavy atom. The summed E-state index contributed by atoms with van der Waals surface area (Å²) in [6.07, 6.45) is 1.08. The molecule has 80 valence electrons. The SMILES string of the molecule is CC1CC1NC(=O)c1ccc(Cl)cc1Br. The van der Waals surface area contributed by atoms with Gasteiger partial charge in [-0.3, -0.25) is 4.79 Å². The van der Waals surface area contributed by atoms with Gasteiger partial charge in [-0.25, -0.2) is 0 Å². The van der Waals surface area contributed by atoms with Gasteiger partial charge in [0.05, 0.1) is 5.56 Å². The van der Waals surface area contributed by atoms with Crippen LogP contribution in [0, 0.1) is 5.92 Å². The number of amides is 1. The molecule has 0 aromatic heterocycles. The van der Waals surface area contributed by atoms with Gasteiger partial charge in [0.1, 0.15) is 0 Å². The smallest absolute Gasteiger partial charge is 0.252 e. The summed E-state index contributed by atoms with van der Waals surface area (Å²) in [7, 11) is 0. The summed E-state index contributed by atoms with van der Waals surface area (Å²) in [6.45, 7) is 2.13. The molecule has 2 nitrogen and oxygen atoms in total. The summed E-state index contributed by atoms with van der Waals surface area (Å²) in [5.74, 6) is 0.577. The lowest BCUT2D eigenvalue weighted by atomic mass is 10.2. The highest BCUT2D eigenvalue weighted by atomic mass is 79.9. The maximum Gasteiger partial charge on any atom is 0.252 e. The first-order valence-corrected chi connectivity index (χ1v) is 6.01. The quantitative estimate of drug-likeness (QED) is 0.889. The third-order valence-corrected chi connectivity index (χ3v) is 3.49. The lowest BCUT2D eigenvalue weighted by Crippen LogP contribution is -2.26. The van der Waals surface area contributed by atoms with Gasteiger partial charge in [0.25, 0.3) is 5.91 Å². The molecule has 2 atom stereocenters. The van der Waals surface area contributed by atoms with E-state index in [1.807, 2.05) is 0 Å². The molecular formula is C11H11BrClNO. The van der Waals surface area contributed by atoms with Gasteiger partial charge in [0.15, 0.2) is 0 Å². The van der Waals surface area contributed by atoms with Crippen molar-refractivity contribution in [1.29, 1.82) is 0 Å². The van der Waals surface area contributed by atoms with Crippen molar-refractivity contribution in [1.82, 2.24) is 5.32 Å². The number of rotatable bonds is 2. The number of halogens is 2. The summed E-state index contributed by atoms with van der Waals surface area (Å²) >= 11 is 9.13. The van der Waals surface area contributed by atoms with Crippen LogP contribution in [-0.4, -0.2) is 11.9 Å². The Kier molecular flexibility index (Phi) is 3.03. The van der Waals surface area contributed by atoms with Crippen LogP contribution in [0.4, 0.5) is 0 Å². The second-order valence-electron chi connectivity index (χ2n) is 3.92. The van der Waals surface area contributed by atoms with E-state index in [-0.39, 0.29) is 5.91 Å². The molecule has 1 aliphatic rings. The molecule has 1 fully saturated rings. The van der Waals surface area contributed by atoms with Crippen molar-refractivity contribution in [3.05, 3.63) is 33.3 Å². The fraction of sp³-hybridized carbons (Fsp3) is 0.364. The van der Waals surface area contributed by atoms with Crippen LogP contribution < -0.4 is 5.32 Å². The number of carbonyl (C=O) groups is 1. The predicted molar refractivity (Wildman–Crippen MR) is 64.2 cm³/mol.